The first-order valence-electron chi connectivity index (χ1n) is 5.25. The lowest BCUT2D eigenvalue weighted by molar-refractivity contribution is 0.102. The van der Waals surface area contributed by atoms with Gasteiger partial charge in [-0.15, -0.1) is 0 Å². The van der Waals surface area contributed by atoms with Crippen molar-refractivity contribution in [3.8, 4) is 0 Å². The van der Waals surface area contributed by atoms with Gasteiger partial charge in [0, 0.05) is 27.6 Å². The van der Waals surface area contributed by atoms with E-state index in [4.69, 9.17) is 0 Å². The van der Waals surface area contributed by atoms with E-state index in [1.165, 1.54) is 12.1 Å². The molecule has 1 N–H and O–H groups in total. The summed E-state index contributed by atoms with van der Waals surface area (Å²) in [4.78, 5) is 15.9. The summed E-state index contributed by atoms with van der Waals surface area (Å²) < 4.78 is 13.7. The highest BCUT2D eigenvalue weighted by molar-refractivity contribution is 9.10. The molecular weight excluding hydrogens is 299 g/mol. The molecule has 0 fully saturated rings. The summed E-state index contributed by atoms with van der Waals surface area (Å²) in [6.07, 6.45) is 1.60. The summed E-state index contributed by atoms with van der Waals surface area (Å²) in [7, 11) is 0. The van der Waals surface area contributed by atoms with E-state index in [1.807, 2.05) is 6.92 Å². The highest BCUT2D eigenvalue weighted by Gasteiger charge is 2.08. The molecule has 0 atom stereocenters. The van der Waals surface area contributed by atoms with Gasteiger partial charge in [-0.2, -0.15) is 0 Å². The summed E-state index contributed by atoms with van der Waals surface area (Å²) in [5.41, 5.74) is 1.69. The van der Waals surface area contributed by atoms with Gasteiger partial charge in [-0.25, -0.2) is 4.39 Å². The fourth-order valence-corrected chi connectivity index (χ4v) is 1.98. The third-order valence-corrected chi connectivity index (χ3v) is 2.74. The largest absolute Gasteiger partial charge is 0.322 e. The molecule has 5 heteroatoms. The first kappa shape index (κ1) is 12.7. The topological polar surface area (TPSA) is 42.0 Å². The molecule has 1 aromatic carbocycles. The molecular formula is C13H10BrFN2O. The Labute approximate surface area is 112 Å². The van der Waals surface area contributed by atoms with Crippen LogP contribution in [0.4, 0.5) is 10.1 Å². The Kier molecular flexibility index (Phi) is 3.72. The molecule has 0 spiro atoms. The number of hydrogen-bond donors (Lipinski definition) is 1. The molecule has 0 aliphatic heterocycles. The summed E-state index contributed by atoms with van der Waals surface area (Å²) in [5, 5.41) is 2.69. The van der Waals surface area contributed by atoms with Gasteiger partial charge in [0.2, 0.25) is 0 Å². The van der Waals surface area contributed by atoms with Gasteiger partial charge in [-0.3, -0.25) is 9.78 Å². The van der Waals surface area contributed by atoms with Crippen LogP contribution in [0.15, 0.2) is 41.0 Å². The predicted molar refractivity (Wildman–Crippen MR) is 71.0 cm³/mol. The van der Waals surface area contributed by atoms with Crippen LogP contribution in [-0.2, 0) is 0 Å². The number of rotatable bonds is 2. The Bertz CT molecular complexity index is 581. The van der Waals surface area contributed by atoms with E-state index < -0.39 is 5.82 Å². The Hall–Kier alpha value is -1.75. The number of amides is 1. The zero-order valence-electron chi connectivity index (χ0n) is 9.58. The molecule has 3 nitrogen and oxygen atoms in total. The van der Waals surface area contributed by atoms with Crippen molar-refractivity contribution in [2.75, 3.05) is 5.32 Å². The van der Waals surface area contributed by atoms with Crippen molar-refractivity contribution in [2.45, 2.75) is 6.92 Å². The average molecular weight is 309 g/mol. The number of hydrogen-bond acceptors (Lipinski definition) is 2. The van der Waals surface area contributed by atoms with E-state index in [1.54, 1.807) is 24.4 Å². The van der Waals surface area contributed by atoms with Gasteiger partial charge >= 0.3 is 0 Å². The minimum absolute atomic E-state index is 0.261. The second-order valence-electron chi connectivity index (χ2n) is 3.80. The van der Waals surface area contributed by atoms with Crippen molar-refractivity contribution in [3.63, 3.8) is 0 Å². The number of benzene rings is 1. The highest BCUT2D eigenvalue weighted by Crippen LogP contribution is 2.16. The van der Waals surface area contributed by atoms with Crippen LogP contribution in [0.5, 0.6) is 0 Å². The number of aromatic nitrogens is 1. The van der Waals surface area contributed by atoms with E-state index in [-0.39, 0.29) is 11.5 Å². The maximum Gasteiger partial charge on any atom is 0.255 e. The van der Waals surface area contributed by atoms with Crippen LogP contribution in [0, 0.1) is 12.7 Å². The van der Waals surface area contributed by atoms with Gasteiger partial charge in [0.1, 0.15) is 5.82 Å². The number of pyridine rings is 1. The number of carbonyl (C=O) groups is 1. The number of aryl methyl sites for hydroxylation is 1. The minimum atomic E-state index is -0.458. The van der Waals surface area contributed by atoms with Crippen LogP contribution in [0.1, 0.15) is 16.1 Å². The van der Waals surface area contributed by atoms with Crippen LogP contribution in [0.3, 0.4) is 0 Å². The van der Waals surface area contributed by atoms with Crippen molar-refractivity contribution in [1.29, 1.82) is 0 Å². The lowest BCUT2D eigenvalue weighted by atomic mass is 10.2. The fraction of sp³-hybridized carbons (Fsp3) is 0.0769. The molecule has 2 rings (SSSR count). The van der Waals surface area contributed by atoms with Crippen molar-refractivity contribution < 1.29 is 9.18 Å². The quantitative estimate of drug-likeness (QED) is 0.922. The molecule has 0 saturated heterocycles. The molecule has 0 aliphatic rings. The maximum atomic E-state index is 13.2. The molecule has 0 bridgehead atoms. The zero-order chi connectivity index (χ0) is 13.1. The van der Waals surface area contributed by atoms with Gasteiger partial charge in [-0.05, 0) is 37.3 Å². The summed E-state index contributed by atoms with van der Waals surface area (Å²) in [5.74, 6) is -0.818. The molecule has 0 aliphatic carbocycles. The molecule has 1 amide bonds. The second kappa shape index (κ2) is 5.27. The monoisotopic (exact) mass is 308 g/mol. The third kappa shape index (κ3) is 3.13. The minimum Gasteiger partial charge on any atom is -0.322 e. The lowest BCUT2D eigenvalue weighted by Gasteiger charge is -2.06. The van der Waals surface area contributed by atoms with E-state index in [2.05, 4.69) is 26.2 Å². The van der Waals surface area contributed by atoms with E-state index >= 15 is 0 Å². The van der Waals surface area contributed by atoms with Gasteiger partial charge in [0.05, 0.1) is 0 Å². The summed E-state index contributed by atoms with van der Waals surface area (Å²) in [6.45, 7) is 1.83. The smallest absolute Gasteiger partial charge is 0.255 e. The van der Waals surface area contributed by atoms with Crippen molar-refractivity contribution in [2.24, 2.45) is 0 Å². The fourth-order valence-electron chi connectivity index (χ4n) is 1.51. The van der Waals surface area contributed by atoms with Crippen LogP contribution in [0.25, 0.3) is 0 Å². The molecule has 92 valence electrons. The third-order valence-electron chi connectivity index (χ3n) is 2.28. The van der Waals surface area contributed by atoms with Crippen molar-refractivity contribution in [1.82, 2.24) is 4.98 Å². The van der Waals surface area contributed by atoms with Crippen LogP contribution in [0.2, 0.25) is 0 Å². The van der Waals surface area contributed by atoms with Crippen LogP contribution < -0.4 is 5.32 Å². The van der Waals surface area contributed by atoms with E-state index in [0.717, 1.165) is 5.69 Å². The second-order valence-corrected chi connectivity index (χ2v) is 4.71. The van der Waals surface area contributed by atoms with E-state index in [9.17, 15) is 9.18 Å². The molecule has 2 aromatic rings. The van der Waals surface area contributed by atoms with Crippen molar-refractivity contribution in [3.05, 3.63) is 58.1 Å². The number of halogens is 2. The Morgan fingerprint density at radius 2 is 2.11 bits per heavy atom. The average Bonchev–Trinajstić information content (AvgIpc) is 2.27. The first-order chi connectivity index (χ1) is 8.54. The predicted octanol–water partition coefficient (Wildman–Crippen LogP) is 3.54. The number of anilines is 1. The molecule has 1 heterocycles. The lowest BCUT2D eigenvalue weighted by Crippen LogP contribution is -2.12. The molecule has 0 radical (unpaired) electrons. The molecule has 1 aromatic heterocycles. The Morgan fingerprint density at radius 1 is 1.33 bits per heavy atom. The maximum absolute atomic E-state index is 13.2. The molecule has 0 unspecified atom stereocenters. The highest BCUT2D eigenvalue weighted by atomic mass is 79.9. The van der Waals surface area contributed by atoms with Gasteiger partial charge in [0.25, 0.3) is 5.91 Å². The van der Waals surface area contributed by atoms with Crippen molar-refractivity contribution >= 4 is 27.5 Å². The number of nitrogens with zero attached hydrogens (tertiary/aromatic N) is 1. The van der Waals surface area contributed by atoms with Crippen LogP contribution >= 0.6 is 15.9 Å². The normalized spacial score (nSPS) is 10.2. The Morgan fingerprint density at radius 3 is 2.78 bits per heavy atom. The summed E-state index contributed by atoms with van der Waals surface area (Å²) in [6, 6.07) is 7.47. The number of nitrogens with one attached hydrogen (secondary N) is 1. The summed E-state index contributed by atoms with van der Waals surface area (Å²) >= 11 is 3.15. The van der Waals surface area contributed by atoms with Gasteiger partial charge in [0.15, 0.2) is 0 Å². The standard InChI is InChI=1S/C13H10BrFN2O/c1-8-4-12(2-3-16-8)17-13(18)9-5-10(14)7-11(15)6-9/h2-7H,1H3,(H,16,17,18). The van der Waals surface area contributed by atoms with Gasteiger partial charge in [-0.1, -0.05) is 15.9 Å². The van der Waals surface area contributed by atoms with Gasteiger partial charge < -0.3 is 5.32 Å². The first-order valence-corrected chi connectivity index (χ1v) is 6.04. The molecule has 18 heavy (non-hydrogen) atoms. The van der Waals surface area contributed by atoms with Crippen LogP contribution in [-0.4, -0.2) is 10.9 Å². The Balaban J connectivity index is 2.22. The zero-order valence-corrected chi connectivity index (χ0v) is 11.2. The molecule has 0 saturated carbocycles. The SMILES string of the molecule is Cc1cc(NC(=O)c2cc(F)cc(Br)c2)ccn1. The number of carbonyl (C=O) groups excluding carboxylic acids is 1. The van der Waals surface area contributed by atoms with E-state index in [0.29, 0.717) is 10.2 Å².